The fourth-order valence-electron chi connectivity index (χ4n) is 3.58. The third-order valence-electron chi connectivity index (χ3n) is 5.01. The molecule has 0 amide bonds. The Morgan fingerprint density at radius 2 is 1.85 bits per heavy atom. The first kappa shape index (κ1) is 17.6. The normalized spacial score (nSPS) is 15.8. The van der Waals surface area contributed by atoms with Crippen molar-refractivity contribution in [2.45, 2.75) is 19.3 Å². The minimum Gasteiger partial charge on any atom is -0.481 e. The summed E-state index contributed by atoms with van der Waals surface area (Å²) in [7, 11) is 0. The van der Waals surface area contributed by atoms with Crippen molar-refractivity contribution in [1.29, 1.82) is 0 Å². The zero-order chi connectivity index (χ0) is 18.8. The number of fused-ring (bicyclic) bond motifs is 1. The van der Waals surface area contributed by atoms with Crippen LogP contribution in [0.2, 0.25) is 5.02 Å². The predicted octanol–water partition coefficient (Wildman–Crippen LogP) is 5.99. The monoisotopic (exact) mass is 378 g/mol. The third kappa shape index (κ3) is 3.83. The second-order valence-electron chi connectivity index (χ2n) is 6.82. The Morgan fingerprint density at radius 1 is 1.00 bits per heavy atom. The molecule has 0 aromatic heterocycles. The maximum Gasteiger partial charge on any atom is 0.306 e. The highest BCUT2D eigenvalue weighted by Gasteiger charge is 2.24. The lowest BCUT2D eigenvalue weighted by molar-refractivity contribution is -0.142. The van der Waals surface area contributed by atoms with E-state index in [1.807, 2.05) is 66.7 Å². The topological polar surface area (TPSA) is 46.5 Å². The summed E-state index contributed by atoms with van der Waals surface area (Å²) >= 11 is 6.14. The van der Waals surface area contributed by atoms with E-state index in [1.54, 1.807) is 0 Å². The molecule has 1 N–H and O–H groups in total. The van der Waals surface area contributed by atoms with Gasteiger partial charge in [-0.25, -0.2) is 0 Å². The first-order chi connectivity index (χ1) is 13.1. The summed E-state index contributed by atoms with van der Waals surface area (Å²) in [6.45, 7) is 0. The van der Waals surface area contributed by atoms with Gasteiger partial charge in [-0.05, 0) is 66.3 Å². The molecule has 0 bridgehead atoms. The van der Waals surface area contributed by atoms with Crippen molar-refractivity contribution in [3.8, 4) is 22.6 Å². The van der Waals surface area contributed by atoms with Gasteiger partial charge in [0.05, 0.1) is 5.92 Å². The fourth-order valence-corrected chi connectivity index (χ4v) is 3.78. The summed E-state index contributed by atoms with van der Waals surface area (Å²) < 4.78 is 6.18. The molecule has 0 saturated heterocycles. The van der Waals surface area contributed by atoms with Crippen LogP contribution in [0.3, 0.4) is 0 Å². The van der Waals surface area contributed by atoms with E-state index in [4.69, 9.17) is 16.3 Å². The van der Waals surface area contributed by atoms with Crippen molar-refractivity contribution in [2.75, 3.05) is 0 Å². The number of benzene rings is 3. The van der Waals surface area contributed by atoms with E-state index >= 15 is 0 Å². The number of aliphatic carboxylic acids is 1. The molecule has 1 unspecified atom stereocenters. The highest BCUT2D eigenvalue weighted by atomic mass is 35.5. The van der Waals surface area contributed by atoms with Crippen LogP contribution in [0.5, 0.6) is 11.5 Å². The van der Waals surface area contributed by atoms with Gasteiger partial charge in [0.25, 0.3) is 0 Å². The first-order valence-corrected chi connectivity index (χ1v) is 9.35. The number of ether oxygens (including phenoxy) is 1. The Hall–Kier alpha value is -2.78. The zero-order valence-corrected chi connectivity index (χ0v) is 15.4. The summed E-state index contributed by atoms with van der Waals surface area (Å²) in [5.41, 5.74) is 4.22. The molecule has 3 aromatic rings. The SMILES string of the molecule is O=C(O)C1CCc2ccc(Oc3ccccc3-c3cccc(Cl)c3)cc2C1. The van der Waals surface area contributed by atoms with Crippen LogP contribution < -0.4 is 4.74 Å². The molecule has 0 spiro atoms. The number of carboxylic acid groups (broad SMARTS) is 1. The summed E-state index contributed by atoms with van der Waals surface area (Å²) in [5, 5.41) is 9.99. The van der Waals surface area contributed by atoms with Crippen molar-refractivity contribution < 1.29 is 14.6 Å². The zero-order valence-electron chi connectivity index (χ0n) is 14.7. The molecule has 1 atom stereocenters. The molecule has 4 heteroatoms. The average Bonchev–Trinajstić information content (AvgIpc) is 2.68. The van der Waals surface area contributed by atoms with Crippen LogP contribution in [-0.4, -0.2) is 11.1 Å². The Kier molecular flexibility index (Phi) is 4.87. The lowest BCUT2D eigenvalue weighted by Gasteiger charge is -2.22. The smallest absolute Gasteiger partial charge is 0.306 e. The van der Waals surface area contributed by atoms with Crippen LogP contribution in [0.15, 0.2) is 66.7 Å². The number of para-hydroxylation sites is 1. The largest absolute Gasteiger partial charge is 0.481 e. The molecule has 3 aromatic carbocycles. The van der Waals surface area contributed by atoms with Crippen LogP contribution in [0.4, 0.5) is 0 Å². The molecule has 0 fully saturated rings. The predicted molar refractivity (Wildman–Crippen MR) is 107 cm³/mol. The van der Waals surface area contributed by atoms with Crippen molar-refractivity contribution in [3.63, 3.8) is 0 Å². The van der Waals surface area contributed by atoms with Crippen molar-refractivity contribution in [2.24, 2.45) is 5.92 Å². The van der Waals surface area contributed by atoms with Gasteiger partial charge in [0.1, 0.15) is 11.5 Å². The standard InChI is InChI=1S/C23H19ClO3/c24-19-5-3-4-16(13-19)21-6-1-2-7-22(21)27-20-11-10-15-8-9-17(23(25)26)12-18(15)14-20/h1-7,10-11,13-14,17H,8-9,12H2,(H,25,26). The number of hydrogen-bond donors (Lipinski definition) is 1. The molecule has 1 aliphatic rings. The Morgan fingerprint density at radius 3 is 2.67 bits per heavy atom. The lowest BCUT2D eigenvalue weighted by Crippen LogP contribution is -2.22. The van der Waals surface area contributed by atoms with Crippen LogP contribution in [0.1, 0.15) is 17.5 Å². The minimum atomic E-state index is -0.724. The molecule has 0 heterocycles. The van der Waals surface area contributed by atoms with E-state index < -0.39 is 5.97 Å². The molecule has 3 nitrogen and oxygen atoms in total. The second-order valence-corrected chi connectivity index (χ2v) is 7.25. The summed E-state index contributed by atoms with van der Waals surface area (Å²) in [5.74, 6) is 0.421. The number of carbonyl (C=O) groups is 1. The van der Waals surface area contributed by atoms with Gasteiger partial charge in [-0.2, -0.15) is 0 Å². The van der Waals surface area contributed by atoms with Crippen LogP contribution in [0.25, 0.3) is 11.1 Å². The van der Waals surface area contributed by atoms with Gasteiger partial charge >= 0.3 is 5.97 Å². The van der Waals surface area contributed by atoms with E-state index in [0.29, 0.717) is 23.6 Å². The Labute approximate surface area is 163 Å². The van der Waals surface area contributed by atoms with Crippen molar-refractivity contribution >= 4 is 17.6 Å². The fraction of sp³-hybridized carbons (Fsp3) is 0.174. The van der Waals surface area contributed by atoms with Crippen LogP contribution in [-0.2, 0) is 17.6 Å². The first-order valence-electron chi connectivity index (χ1n) is 8.97. The molecule has 0 radical (unpaired) electrons. The molecule has 0 saturated carbocycles. The van der Waals surface area contributed by atoms with Crippen molar-refractivity contribution in [3.05, 3.63) is 82.9 Å². The van der Waals surface area contributed by atoms with Crippen molar-refractivity contribution in [1.82, 2.24) is 0 Å². The quantitative estimate of drug-likeness (QED) is 0.606. The summed E-state index contributed by atoms with van der Waals surface area (Å²) in [6, 6.07) is 21.5. The van der Waals surface area contributed by atoms with E-state index in [0.717, 1.165) is 28.9 Å². The van der Waals surface area contributed by atoms with Gasteiger partial charge < -0.3 is 9.84 Å². The van der Waals surface area contributed by atoms with Crippen LogP contribution >= 0.6 is 11.6 Å². The average molecular weight is 379 g/mol. The number of rotatable bonds is 4. The molecular weight excluding hydrogens is 360 g/mol. The maximum absolute atomic E-state index is 11.3. The van der Waals surface area contributed by atoms with Gasteiger partial charge in [0.15, 0.2) is 0 Å². The number of carboxylic acids is 1. The molecule has 0 aliphatic heterocycles. The molecule has 27 heavy (non-hydrogen) atoms. The van der Waals surface area contributed by atoms with Gasteiger partial charge in [-0.15, -0.1) is 0 Å². The highest BCUT2D eigenvalue weighted by Crippen LogP contribution is 2.36. The van der Waals surface area contributed by atoms with Gasteiger partial charge in [0, 0.05) is 10.6 Å². The Balaban J connectivity index is 1.64. The Bertz CT molecular complexity index is 996. The van der Waals surface area contributed by atoms with Gasteiger partial charge in [-0.1, -0.05) is 48.0 Å². The highest BCUT2D eigenvalue weighted by molar-refractivity contribution is 6.30. The second kappa shape index (κ2) is 7.45. The van der Waals surface area contributed by atoms with Gasteiger partial charge in [-0.3, -0.25) is 4.79 Å². The number of halogens is 1. The molecular formula is C23H19ClO3. The molecule has 1 aliphatic carbocycles. The third-order valence-corrected chi connectivity index (χ3v) is 5.24. The number of hydrogen-bond acceptors (Lipinski definition) is 2. The van der Waals surface area contributed by atoms with E-state index in [9.17, 15) is 9.90 Å². The van der Waals surface area contributed by atoms with E-state index in [-0.39, 0.29) is 5.92 Å². The number of aryl methyl sites for hydroxylation is 1. The summed E-state index contributed by atoms with van der Waals surface area (Å²) in [6.07, 6.45) is 2.05. The molecule has 136 valence electrons. The molecule has 4 rings (SSSR count). The summed E-state index contributed by atoms with van der Waals surface area (Å²) in [4.78, 5) is 11.3. The van der Waals surface area contributed by atoms with E-state index in [1.165, 1.54) is 5.56 Å². The maximum atomic E-state index is 11.3. The van der Waals surface area contributed by atoms with E-state index in [2.05, 4.69) is 0 Å². The minimum absolute atomic E-state index is 0.313. The van der Waals surface area contributed by atoms with Gasteiger partial charge in [0.2, 0.25) is 0 Å². The van der Waals surface area contributed by atoms with Crippen LogP contribution in [0, 0.1) is 5.92 Å². The lowest BCUT2D eigenvalue weighted by atomic mass is 9.84.